The van der Waals surface area contributed by atoms with Crippen molar-refractivity contribution >= 4 is 17.5 Å². The zero-order chi connectivity index (χ0) is 22.3. The molecule has 1 N–H and O–H groups in total. The average molecular weight is 432 g/mol. The van der Waals surface area contributed by atoms with E-state index >= 15 is 0 Å². The molecule has 0 bridgehead atoms. The van der Waals surface area contributed by atoms with Gasteiger partial charge in [0.05, 0.1) is 38.1 Å². The van der Waals surface area contributed by atoms with Gasteiger partial charge in [-0.1, -0.05) is 12.1 Å². The average Bonchev–Trinajstić information content (AvgIpc) is 3.20. The predicted octanol–water partition coefficient (Wildman–Crippen LogP) is 4.32. The number of halogens is 3. The summed E-state index contributed by atoms with van der Waals surface area (Å²) in [6.07, 6.45) is -4.40. The summed E-state index contributed by atoms with van der Waals surface area (Å²) < 4.78 is 51.0. The number of guanidine groups is 1. The van der Waals surface area contributed by atoms with E-state index in [1.54, 1.807) is 20.3 Å². The summed E-state index contributed by atoms with van der Waals surface area (Å²) in [5.74, 6) is 2.21. The predicted molar refractivity (Wildman–Crippen MR) is 113 cm³/mol. The molecule has 0 amide bonds. The minimum atomic E-state index is -4.40. The molecule has 0 unspecified atom stereocenters. The largest absolute Gasteiger partial charge is 0.493 e. The van der Waals surface area contributed by atoms with E-state index in [-0.39, 0.29) is 5.56 Å². The highest BCUT2D eigenvalue weighted by atomic mass is 19.4. The first-order chi connectivity index (χ1) is 14.7. The Balaban J connectivity index is 1.74. The smallest absolute Gasteiger partial charge is 0.416 e. The van der Waals surface area contributed by atoms with E-state index in [1.807, 2.05) is 24.0 Å². The molecule has 0 aromatic heterocycles. The molecule has 2 aliphatic heterocycles. The van der Waals surface area contributed by atoms with Crippen molar-refractivity contribution < 1.29 is 22.6 Å². The van der Waals surface area contributed by atoms with Crippen LogP contribution in [0.5, 0.6) is 11.5 Å². The van der Waals surface area contributed by atoms with Gasteiger partial charge in [0.15, 0.2) is 11.5 Å². The summed E-state index contributed by atoms with van der Waals surface area (Å²) in [7, 11) is 3.12. The number of ether oxygens (including phenoxy) is 2. The SMILES string of the molecule is COc1cc2c(cc1OC)N1CCN=C1N=C2N[C@H](C)c1cccc(C(F)(F)F)c1C. The topological polar surface area (TPSA) is 58.5 Å². The lowest BCUT2D eigenvalue weighted by atomic mass is 9.96. The summed E-state index contributed by atoms with van der Waals surface area (Å²) in [5, 5.41) is 3.29. The van der Waals surface area contributed by atoms with Crippen molar-refractivity contribution in [1.29, 1.82) is 0 Å². The van der Waals surface area contributed by atoms with E-state index in [0.717, 1.165) is 17.3 Å². The Morgan fingerprint density at radius 3 is 2.52 bits per heavy atom. The highest BCUT2D eigenvalue weighted by Gasteiger charge is 2.34. The van der Waals surface area contributed by atoms with Gasteiger partial charge in [-0.2, -0.15) is 18.2 Å². The lowest BCUT2D eigenvalue weighted by molar-refractivity contribution is -0.138. The van der Waals surface area contributed by atoms with E-state index < -0.39 is 17.8 Å². The van der Waals surface area contributed by atoms with Crippen LogP contribution in [0.2, 0.25) is 0 Å². The molecule has 6 nitrogen and oxygen atoms in total. The number of fused-ring (bicyclic) bond motifs is 3. The van der Waals surface area contributed by atoms with E-state index in [4.69, 9.17) is 9.47 Å². The van der Waals surface area contributed by atoms with Crippen LogP contribution >= 0.6 is 0 Å². The van der Waals surface area contributed by atoms with Crippen LogP contribution in [0.1, 0.15) is 35.2 Å². The highest BCUT2D eigenvalue weighted by Crippen LogP contribution is 2.39. The van der Waals surface area contributed by atoms with Gasteiger partial charge in [-0.15, -0.1) is 0 Å². The number of aliphatic imine (C=N–C) groups is 2. The van der Waals surface area contributed by atoms with Crippen molar-refractivity contribution in [2.24, 2.45) is 9.98 Å². The van der Waals surface area contributed by atoms with Crippen LogP contribution in [0, 0.1) is 6.92 Å². The molecule has 1 atom stereocenters. The molecule has 31 heavy (non-hydrogen) atoms. The molecule has 0 fully saturated rings. The number of hydrogen-bond donors (Lipinski definition) is 1. The molecule has 0 saturated heterocycles. The number of hydrogen-bond acceptors (Lipinski definition) is 6. The Morgan fingerprint density at radius 2 is 1.84 bits per heavy atom. The fourth-order valence-corrected chi connectivity index (χ4v) is 4.02. The monoisotopic (exact) mass is 432 g/mol. The summed E-state index contributed by atoms with van der Waals surface area (Å²) in [5.41, 5.74) is 1.74. The van der Waals surface area contributed by atoms with Crippen molar-refractivity contribution in [3.63, 3.8) is 0 Å². The molecular weight excluding hydrogens is 409 g/mol. The maximum absolute atomic E-state index is 13.4. The number of benzene rings is 2. The van der Waals surface area contributed by atoms with Crippen molar-refractivity contribution in [2.75, 3.05) is 32.2 Å². The minimum absolute atomic E-state index is 0.193. The summed E-state index contributed by atoms with van der Waals surface area (Å²) in [4.78, 5) is 11.1. The third kappa shape index (κ3) is 3.68. The fourth-order valence-electron chi connectivity index (χ4n) is 4.02. The van der Waals surface area contributed by atoms with Gasteiger partial charge in [0.1, 0.15) is 5.84 Å². The number of amidine groups is 1. The third-order valence-corrected chi connectivity index (χ3v) is 5.58. The second-order valence-corrected chi connectivity index (χ2v) is 7.40. The molecule has 164 valence electrons. The second-order valence-electron chi connectivity index (χ2n) is 7.40. The second kappa shape index (κ2) is 7.79. The van der Waals surface area contributed by atoms with Crippen LogP contribution < -0.4 is 19.7 Å². The molecule has 9 heteroatoms. The number of nitrogens with one attached hydrogen (secondary N) is 1. The third-order valence-electron chi connectivity index (χ3n) is 5.58. The van der Waals surface area contributed by atoms with Crippen molar-refractivity contribution in [2.45, 2.75) is 26.1 Å². The number of rotatable bonds is 4. The molecule has 2 aromatic rings. The van der Waals surface area contributed by atoms with E-state index in [0.29, 0.717) is 41.9 Å². The quantitative estimate of drug-likeness (QED) is 0.782. The molecule has 0 radical (unpaired) electrons. The van der Waals surface area contributed by atoms with Gasteiger partial charge in [-0.25, -0.2) is 4.99 Å². The van der Waals surface area contributed by atoms with Gasteiger partial charge in [0, 0.05) is 18.2 Å². The van der Waals surface area contributed by atoms with E-state index in [1.165, 1.54) is 13.0 Å². The van der Waals surface area contributed by atoms with Gasteiger partial charge in [0.25, 0.3) is 0 Å². The normalized spacial score (nSPS) is 16.2. The Morgan fingerprint density at radius 1 is 1.13 bits per heavy atom. The van der Waals surface area contributed by atoms with Crippen LogP contribution in [-0.2, 0) is 6.18 Å². The summed E-state index contributed by atoms with van der Waals surface area (Å²) >= 11 is 0. The zero-order valence-corrected chi connectivity index (χ0v) is 17.7. The molecule has 2 aliphatic rings. The Hall–Kier alpha value is -3.23. The van der Waals surface area contributed by atoms with Gasteiger partial charge in [-0.3, -0.25) is 0 Å². The molecule has 0 aliphatic carbocycles. The number of methoxy groups -OCH3 is 2. The van der Waals surface area contributed by atoms with Gasteiger partial charge < -0.3 is 19.7 Å². The fraction of sp³-hybridized carbons (Fsp3) is 0.364. The molecule has 0 saturated carbocycles. The first-order valence-electron chi connectivity index (χ1n) is 9.85. The van der Waals surface area contributed by atoms with Crippen LogP contribution in [0.4, 0.5) is 18.9 Å². The Kier molecular flexibility index (Phi) is 5.28. The number of anilines is 1. The van der Waals surface area contributed by atoms with Crippen LogP contribution in [-0.4, -0.2) is 39.1 Å². The van der Waals surface area contributed by atoms with E-state index in [2.05, 4.69) is 15.3 Å². The first-order valence-corrected chi connectivity index (χ1v) is 9.85. The Bertz CT molecular complexity index is 1080. The number of nitrogens with zero attached hydrogens (tertiary/aromatic N) is 3. The van der Waals surface area contributed by atoms with E-state index in [9.17, 15) is 13.2 Å². The Labute approximate surface area is 178 Å². The lowest BCUT2D eigenvalue weighted by Gasteiger charge is -2.30. The zero-order valence-electron chi connectivity index (χ0n) is 17.7. The van der Waals surface area contributed by atoms with Gasteiger partial charge >= 0.3 is 6.18 Å². The maximum atomic E-state index is 13.4. The van der Waals surface area contributed by atoms with Crippen LogP contribution in [0.15, 0.2) is 40.3 Å². The maximum Gasteiger partial charge on any atom is 0.416 e. The van der Waals surface area contributed by atoms with Gasteiger partial charge in [0.2, 0.25) is 5.96 Å². The minimum Gasteiger partial charge on any atom is -0.493 e. The van der Waals surface area contributed by atoms with Crippen LogP contribution in [0.3, 0.4) is 0 Å². The first kappa shape index (κ1) is 21.0. The summed E-state index contributed by atoms with van der Waals surface area (Å²) in [6, 6.07) is 7.49. The standard InChI is InChI=1S/C22H23F3N4O2/c1-12-14(6-5-7-16(12)22(23,24)25)13(2)27-20-15-10-18(30-3)19(31-4)11-17(15)29-9-8-26-21(29)28-20/h5-7,10-11,13H,8-9H2,1-4H3,(H,26,27,28)/t13-/m1/s1. The van der Waals surface area contributed by atoms with Crippen molar-refractivity contribution in [3.8, 4) is 11.5 Å². The highest BCUT2D eigenvalue weighted by molar-refractivity contribution is 6.19. The summed E-state index contributed by atoms with van der Waals surface area (Å²) in [6.45, 7) is 4.61. The number of alkyl halides is 3. The molecule has 2 heterocycles. The van der Waals surface area contributed by atoms with Crippen molar-refractivity contribution in [1.82, 2.24) is 5.32 Å². The molecule has 2 aromatic carbocycles. The molecule has 4 rings (SSSR count). The van der Waals surface area contributed by atoms with Crippen molar-refractivity contribution in [3.05, 3.63) is 52.6 Å². The molecule has 0 spiro atoms. The lowest BCUT2D eigenvalue weighted by Crippen LogP contribution is -2.38. The molecular formula is C22H23F3N4O2. The van der Waals surface area contributed by atoms with Crippen LogP contribution in [0.25, 0.3) is 0 Å². The van der Waals surface area contributed by atoms with Gasteiger partial charge in [-0.05, 0) is 37.1 Å².